The van der Waals surface area contributed by atoms with Gasteiger partial charge in [-0.3, -0.25) is 9.97 Å². The van der Waals surface area contributed by atoms with Crippen LogP contribution >= 0.6 is 34.5 Å². The highest BCUT2D eigenvalue weighted by Gasteiger charge is 2.24. The molecule has 40 heavy (non-hydrogen) atoms. The topological polar surface area (TPSA) is 116 Å². The second kappa shape index (κ2) is 11.3. The van der Waals surface area contributed by atoms with Gasteiger partial charge in [0.05, 0.1) is 49.4 Å². The SMILES string of the molecule is N#Cc1cnc2c(Cl)cc(NC(c3cn(C4CCNCC4)nn3)c3cncs3)cc2c1Nc1ccc(F)c(Cl)c1. The van der Waals surface area contributed by atoms with Crippen LogP contribution in [-0.2, 0) is 0 Å². The first-order valence-corrected chi connectivity index (χ1v) is 14.2. The highest BCUT2D eigenvalue weighted by molar-refractivity contribution is 7.09. The van der Waals surface area contributed by atoms with Gasteiger partial charge in [0.15, 0.2) is 0 Å². The Balaban J connectivity index is 1.39. The number of nitrogens with one attached hydrogen (secondary N) is 3. The maximum Gasteiger partial charge on any atom is 0.141 e. The molecule has 2 aromatic carbocycles. The van der Waals surface area contributed by atoms with Crippen molar-refractivity contribution in [3.05, 3.63) is 86.4 Å². The molecule has 0 amide bonds. The number of halogens is 3. The van der Waals surface area contributed by atoms with E-state index in [-0.39, 0.29) is 11.1 Å². The number of fused-ring (bicyclic) bond motifs is 1. The van der Waals surface area contributed by atoms with Gasteiger partial charge >= 0.3 is 0 Å². The monoisotopic (exact) mass is 593 g/mol. The van der Waals surface area contributed by atoms with Gasteiger partial charge in [-0.05, 0) is 56.3 Å². The van der Waals surface area contributed by atoms with Crippen LogP contribution in [0.15, 0.2) is 54.4 Å². The minimum absolute atomic E-state index is 0.0350. The van der Waals surface area contributed by atoms with Crippen molar-refractivity contribution >= 4 is 62.5 Å². The molecule has 0 radical (unpaired) electrons. The maximum atomic E-state index is 13.8. The first-order chi connectivity index (χ1) is 19.5. The van der Waals surface area contributed by atoms with Gasteiger partial charge < -0.3 is 16.0 Å². The predicted molar refractivity (Wildman–Crippen MR) is 155 cm³/mol. The van der Waals surface area contributed by atoms with E-state index in [0.717, 1.165) is 36.5 Å². The molecule has 13 heteroatoms. The maximum absolute atomic E-state index is 13.8. The lowest BCUT2D eigenvalue weighted by molar-refractivity contribution is 0.337. The first-order valence-electron chi connectivity index (χ1n) is 12.5. The smallest absolute Gasteiger partial charge is 0.141 e. The molecule has 202 valence electrons. The average Bonchev–Trinajstić information content (AvgIpc) is 3.68. The quantitative estimate of drug-likeness (QED) is 0.196. The molecule has 0 bridgehead atoms. The third kappa shape index (κ3) is 5.31. The number of benzene rings is 2. The number of hydrogen-bond acceptors (Lipinski definition) is 9. The van der Waals surface area contributed by atoms with Crippen molar-refractivity contribution in [3.8, 4) is 6.07 Å². The molecule has 1 aliphatic rings. The van der Waals surface area contributed by atoms with Crippen LogP contribution in [0.1, 0.15) is 41.1 Å². The molecule has 1 aliphatic heterocycles. The first kappa shape index (κ1) is 26.4. The molecule has 1 unspecified atom stereocenters. The number of hydrogen-bond donors (Lipinski definition) is 3. The molecule has 0 aliphatic carbocycles. The summed E-state index contributed by atoms with van der Waals surface area (Å²) in [6, 6.07) is 10.0. The van der Waals surface area contributed by atoms with E-state index < -0.39 is 5.82 Å². The molecular weight excluding hydrogens is 572 g/mol. The minimum Gasteiger partial charge on any atom is -0.372 e. The molecule has 6 rings (SSSR count). The van der Waals surface area contributed by atoms with Crippen LogP contribution in [0.25, 0.3) is 10.9 Å². The fourth-order valence-corrected chi connectivity index (χ4v) is 5.91. The van der Waals surface area contributed by atoms with Gasteiger partial charge in [-0.2, -0.15) is 5.26 Å². The van der Waals surface area contributed by atoms with E-state index in [1.54, 1.807) is 23.8 Å². The summed E-state index contributed by atoms with van der Waals surface area (Å²) in [6.45, 7) is 1.90. The summed E-state index contributed by atoms with van der Waals surface area (Å²) in [4.78, 5) is 9.64. The Hall–Kier alpha value is -3.82. The Bertz CT molecular complexity index is 1710. The fourth-order valence-electron chi connectivity index (χ4n) is 4.78. The van der Waals surface area contributed by atoms with Gasteiger partial charge in [-0.25, -0.2) is 9.07 Å². The number of thiazole rings is 1. The number of nitrogens with zero attached hydrogens (tertiary/aromatic N) is 6. The zero-order valence-corrected chi connectivity index (χ0v) is 23.2. The summed E-state index contributed by atoms with van der Waals surface area (Å²) in [5.74, 6) is -0.534. The molecule has 3 aromatic heterocycles. The Labute approximate surface area is 243 Å². The van der Waals surface area contributed by atoms with Gasteiger partial charge in [-0.15, -0.1) is 16.4 Å². The fraction of sp³-hybridized carbons (Fsp3) is 0.222. The van der Waals surface area contributed by atoms with Crippen molar-refractivity contribution < 1.29 is 4.39 Å². The lowest BCUT2D eigenvalue weighted by atomic mass is 10.1. The van der Waals surface area contributed by atoms with Crippen LogP contribution in [0.5, 0.6) is 0 Å². The molecule has 4 heterocycles. The zero-order valence-electron chi connectivity index (χ0n) is 20.9. The van der Waals surface area contributed by atoms with Crippen LogP contribution in [0, 0.1) is 17.1 Å². The van der Waals surface area contributed by atoms with Crippen molar-refractivity contribution in [1.82, 2.24) is 30.3 Å². The molecule has 5 aromatic rings. The second-order valence-corrected chi connectivity index (χ2v) is 11.1. The van der Waals surface area contributed by atoms with Crippen LogP contribution in [0.3, 0.4) is 0 Å². The summed E-state index contributed by atoms with van der Waals surface area (Å²) in [5, 5.41) is 29.9. The van der Waals surface area contributed by atoms with Gasteiger partial charge in [0.25, 0.3) is 0 Å². The number of nitriles is 1. The third-order valence-corrected chi connectivity index (χ3v) is 8.21. The van der Waals surface area contributed by atoms with Crippen molar-refractivity contribution in [2.75, 3.05) is 23.7 Å². The summed E-state index contributed by atoms with van der Waals surface area (Å²) >= 11 is 14.2. The molecule has 9 nitrogen and oxygen atoms in total. The molecule has 1 saturated heterocycles. The van der Waals surface area contributed by atoms with Gasteiger partial charge in [-0.1, -0.05) is 28.4 Å². The van der Waals surface area contributed by atoms with Crippen molar-refractivity contribution in [1.29, 1.82) is 5.26 Å². The van der Waals surface area contributed by atoms with E-state index in [9.17, 15) is 9.65 Å². The minimum atomic E-state index is -0.534. The average molecular weight is 595 g/mol. The molecule has 1 fully saturated rings. The lowest BCUT2D eigenvalue weighted by Crippen LogP contribution is -2.29. The van der Waals surface area contributed by atoms with E-state index in [1.165, 1.54) is 29.7 Å². The number of pyridine rings is 1. The van der Waals surface area contributed by atoms with Crippen molar-refractivity contribution in [2.24, 2.45) is 0 Å². The second-order valence-electron chi connectivity index (χ2n) is 9.35. The van der Waals surface area contributed by atoms with E-state index in [2.05, 4.69) is 42.3 Å². The predicted octanol–water partition coefficient (Wildman–Crippen LogP) is 6.47. The Morgan fingerprint density at radius 1 is 1.12 bits per heavy atom. The Morgan fingerprint density at radius 3 is 2.70 bits per heavy atom. The standard InChI is InChI=1S/C27H22Cl2FN9S/c28-20-8-16(1-2-22(20)30)35-25-15(10-31)11-34-26-19(25)7-17(9-21(26)29)36-27(24-12-33-14-40-24)23-13-39(38-37-23)18-3-5-32-6-4-18/h1-2,7-9,11-14,18,27,32,36H,3-6H2,(H,34,35). The molecular formula is C27H22Cl2FN9S. The van der Waals surface area contributed by atoms with Crippen molar-refractivity contribution in [2.45, 2.75) is 24.9 Å². The van der Waals surface area contributed by atoms with Crippen LogP contribution < -0.4 is 16.0 Å². The van der Waals surface area contributed by atoms with E-state index in [0.29, 0.717) is 44.6 Å². The zero-order chi connectivity index (χ0) is 27.6. The molecule has 0 spiro atoms. The Kier molecular flexibility index (Phi) is 7.49. The number of rotatable bonds is 7. The molecule has 3 N–H and O–H groups in total. The molecule has 1 atom stereocenters. The number of piperidine rings is 1. The van der Waals surface area contributed by atoms with E-state index >= 15 is 0 Å². The summed E-state index contributed by atoms with van der Waals surface area (Å²) in [6.07, 6.45) is 7.22. The van der Waals surface area contributed by atoms with Gasteiger partial charge in [0, 0.05) is 29.2 Å². The largest absolute Gasteiger partial charge is 0.372 e. The summed E-state index contributed by atoms with van der Waals surface area (Å²) in [5.41, 5.74) is 5.01. The number of anilines is 3. The van der Waals surface area contributed by atoms with Gasteiger partial charge in [0.1, 0.15) is 23.6 Å². The Morgan fingerprint density at radius 2 is 1.95 bits per heavy atom. The normalized spacial score (nSPS) is 14.7. The van der Waals surface area contributed by atoms with E-state index in [4.69, 9.17) is 23.2 Å². The summed E-state index contributed by atoms with van der Waals surface area (Å²) in [7, 11) is 0. The molecule has 0 saturated carbocycles. The van der Waals surface area contributed by atoms with Crippen LogP contribution in [0.4, 0.5) is 21.5 Å². The summed E-state index contributed by atoms with van der Waals surface area (Å²) < 4.78 is 15.7. The third-order valence-electron chi connectivity index (χ3n) is 6.79. The van der Waals surface area contributed by atoms with Crippen LogP contribution in [0.2, 0.25) is 10.0 Å². The van der Waals surface area contributed by atoms with E-state index in [1.807, 2.05) is 16.9 Å². The van der Waals surface area contributed by atoms with Crippen molar-refractivity contribution in [3.63, 3.8) is 0 Å². The van der Waals surface area contributed by atoms with Crippen LogP contribution in [-0.4, -0.2) is 38.1 Å². The highest BCUT2D eigenvalue weighted by Crippen LogP contribution is 2.37. The number of aromatic nitrogens is 5. The van der Waals surface area contributed by atoms with Gasteiger partial charge in [0.2, 0.25) is 0 Å². The highest BCUT2D eigenvalue weighted by atomic mass is 35.5. The lowest BCUT2D eigenvalue weighted by Gasteiger charge is -2.22.